The number of nitrogens with zero attached hydrogens (tertiary/aromatic N) is 4. The smallest absolute Gasteiger partial charge is 0.234 e. The molecule has 1 saturated heterocycles. The van der Waals surface area contributed by atoms with Gasteiger partial charge in [-0.15, -0.1) is 10.2 Å². The van der Waals surface area contributed by atoms with Crippen LogP contribution in [0.4, 0.5) is 0 Å². The zero-order chi connectivity index (χ0) is 12.9. The highest BCUT2D eigenvalue weighted by Gasteiger charge is 2.30. The second-order valence-electron chi connectivity index (χ2n) is 6.05. The first-order chi connectivity index (χ1) is 8.47. The Morgan fingerprint density at radius 1 is 1.33 bits per heavy atom. The zero-order valence-electron chi connectivity index (χ0n) is 11.3. The zero-order valence-corrected chi connectivity index (χ0v) is 12.1. The van der Waals surface area contributed by atoms with Gasteiger partial charge >= 0.3 is 0 Å². The Kier molecular flexibility index (Phi) is 2.67. The van der Waals surface area contributed by atoms with Crippen molar-refractivity contribution in [2.75, 3.05) is 6.54 Å². The number of hydrogen-bond donors (Lipinski definition) is 1. The van der Waals surface area contributed by atoms with Gasteiger partial charge in [0, 0.05) is 17.4 Å². The maximum Gasteiger partial charge on any atom is 0.234 e. The Bertz CT molecular complexity index is 565. The monoisotopic (exact) mass is 265 g/mol. The quantitative estimate of drug-likeness (QED) is 0.856. The third kappa shape index (κ3) is 1.83. The average molecular weight is 265 g/mol. The van der Waals surface area contributed by atoms with Crippen LogP contribution in [0.1, 0.15) is 50.9 Å². The van der Waals surface area contributed by atoms with Crippen molar-refractivity contribution in [3.05, 3.63) is 10.8 Å². The van der Waals surface area contributed by atoms with Crippen molar-refractivity contribution in [1.29, 1.82) is 0 Å². The molecular formula is C12H19N5S. The van der Waals surface area contributed by atoms with E-state index in [2.05, 4.69) is 43.2 Å². The standard InChI is InChI=1S/C12H19N5S/c1-7-8(5-6-13-7)9-16-17-10(12(2,3)4)14-15-11(17)18-9/h7-8,13H,5-6H2,1-4H3. The normalized spacial score (nSPS) is 25.1. The number of rotatable bonds is 1. The van der Waals surface area contributed by atoms with Gasteiger partial charge in [-0.2, -0.15) is 9.61 Å². The molecule has 2 atom stereocenters. The summed E-state index contributed by atoms with van der Waals surface area (Å²) in [5.74, 6) is 1.46. The van der Waals surface area contributed by atoms with Crippen molar-refractivity contribution in [2.24, 2.45) is 0 Å². The van der Waals surface area contributed by atoms with Gasteiger partial charge in [-0.3, -0.25) is 0 Å². The largest absolute Gasteiger partial charge is 0.314 e. The number of aromatic nitrogens is 4. The van der Waals surface area contributed by atoms with E-state index in [4.69, 9.17) is 5.10 Å². The first-order valence-electron chi connectivity index (χ1n) is 6.43. The number of hydrogen-bond acceptors (Lipinski definition) is 5. The van der Waals surface area contributed by atoms with E-state index in [1.54, 1.807) is 11.3 Å². The van der Waals surface area contributed by atoms with Crippen LogP contribution in [0.5, 0.6) is 0 Å². The van der Waals surface area contributed by atoms with Crippen LogP contribution in [-0.4, -0.2) is 32.4 Å². The van der Waals surface area contributed by atoms with E-state index in [0.29, 0.717) is 12.0 Å². The Morgan fingerprint density at radius 3 is 2.72 bits per heavy atom. The van der Waals surface area contributed by atoms with Crippen LogP contribution in [0, 0.1) is 0 Å². The van der Waals surface area contributed by atoms with Crippen molar-refractivity contribution in [1.82, 2.24) is 25.1 Å². The summed E-state index contributed by atoms with van der Waals surface area (Å²) < 4.78 is 1.92. The van der Waals surface area contributed by atoms with Gasteiger partial charge in [-0.05, 0) is 19.9 Å². The molecule has 0 spiro atoms. The van der Waals surface area contributed by atoms with Gasteiger partial charge in [0.1, 0.15) is 5.01 Å². The van der Waals surface area contributed by atoms with Gasteiger partial charge in [0.25, 0.3) is 0 Å². The van der Waals surface area contributed by atoms with Gasteiger partial charge < -0.3 is 5.32 Å². The molecule has 0 bridgehead atoms. The van der Waals surface area contributed by atoms with Crippen molar-refractivity contribution in [3.8, 4) is 0 Å². The second kappa shape index (κ2) is 3.99. The Balaban J connectivity index is 2.04. The third-order valence-corrected chi connectivity index (χ3v) is 4.55. The van der Waals surface area contributed by atoms with Crippen molar-refractivity contribution in [3.63, 3.8) is 0 Å². The fourth-order valence-corrected chi connectivity index (χ4v) is 3.52. The Labute approximate surface area is 111 Å². The third-order valence-electron chi connectivity index (χ3n) is 3.52. The minimum absolute atomic E-state index is 0.0235. The van der Waals surface area contributed by atoms with Crippen LogP contribution >= 0.6 is 11.3 Å². The maximum absolute atomic E-state index is 4.74. The summed E-state index contributed by atoms with van der Waals surface area (Å²) >= 11 is 1.67. The number of fused-ring (bicyclic) bond motifs is 1. The molecule has 0 radical (unpaired) electrons. The van der Waals surface area contributed by atoms with E-state index in [1.807, 2.05) is 4.52 Å². The summed E-state index contributed by atoms with van der Waals surface area (Å²) in [4.78, 5) is 0.911. The van der Waals surface area contributed by atoms with E-state index in [1.165, 1.54) is 5.01 Å². The lowest BCUT2D eigenvalue weighted by molar-refractivity contribution is 0.521. The first kappa shape index (κ1) is 12.0. The van der Waals surface area contributed by atoms with E-state index in [-0.39, 0.29) is 5.41 Å². The maximum atomic E-state index is 4.74. The fraction of sp³-hybridized carbons (Fsp3) is 0.750. The Morgan fingerprint density at radius 2 is 2.11 bits per heavy atom. The number of nitrogens with one attached hydrogen (secondary N) is 1. The lowest BCUT2D eigenvalue weighted by atomic mass is 9.96. The summed E-state index contributed by atoms with van der Waals surface area (Å²) in [6.45, 7) is 9.73. The van der Waals surface area contributed by atoms with E-state index in [9.17, 15) is 0 Å². The molecule has 1 aliphatic heterocycles. The molecule has 18 heavy (non-hydrogen) atoms. The van der Waals surface area contributed by atoms with Crippen LogP contribution in [0.2, 0.25) is 0 Å². The minimum Gasteiger partial charge on any atom is -0.314 e. The van der Waals surface area contributed by atoms with Crippen LogP contribution in [-0.2, 0) is 5.41 Å². The second-order valence-corrected chi connectivity index (χ2v) is 7.03. The highest BCUT2D eigenvalue weighted by molar-refractivity contribution is 7.16. The predicted octanol–water partition coefficient (Wildman–Crippen LogP) is 1.95. The summed E-state index contributed by atoms with van der Waals surface area (Å²) in [5, 5.41) is 17.9. The molecule has 98 valence electrons. The molecule has 0 amide bonds. The summed E-state index contributed by atoms with van der Waals surface area (Å²) in [6.07, 6.45) is 1.16. The van der Waals surface area contributed by atoms with Crippen molar-refractivity contribution in [2.45, 2.75) is 51.5 Å². The van der Waals surface area contributed by atoms with E-state index in [0.717, 1.165) is 23.8 Å². The molecule has 1 aliphatic rings. The van der Waals surface area contributed by atoms with E-state index >= 15 is 0 Å². The van der Waals surface area contributed by atoms with Crippen molar-refractivity contribution >= 4 is 16.3 Å². The fourth-order valence-electron chi connectivity index (χ4n) is 2.45. The van der Waals surface area contributed by atoms with Crippen LogP contribution in [0.15, 0.2) is 0 Å². The highest BCUT2D eigenvalue weighted by atomic mass is 32.1. The molecule has 3 heterocycles. The lowest BCUT2D eigenvalue weighted by Gasteiger charge is -2.14. The molecule has 0 saturated carbocycles. The molecular weight excluding hydrogens is 246 g/mol. The molecule has 0 aliphatic carbocycles. The van der Waals surface area contributed by atoms with Gasteiger partial charge in [0.2, 0.25) is 4.96 Å². The lowest BCUT2D eigenvalue weighted by Crippen LogP contribution is -2.22. The molecule has 0 aromatic carbocycles. The van der Waals surface area contributed by atoms with Gasteiger partial charge in [0.05, 0.1) is 0 Å². The molecule has 3 rings (SSSR count). The van der Waals surface area contributed by atoms with Crippen LogP contribution in [0.3, 0.4) is 0 Å². The molecule has 1 fully saturated rings. The summed E-state index contributed by atoms with van der Waals surface area (Å²) in [5.41, 5.74) is -0.0235. The van der Waals surface area contributed by atoms with Gasteiger partial charge in [-0.1, -0.05) is 32.1 Å². The SMILES string of the molecule is CC1NCCC1c1nn2c(C(C)(C)C)nnc2s1. The molecule has 5 nitrogen and oxygen atoms in total. The van der Waals surface area contributed by atoms with Gasteiger partial charge in [-0.25, -0.2) is 0 Å². The minimum atomic E-state index is -0.0235. The highest BCUT2D eigenvalue weighted by Crippen LogP contribution is 2.32. The van der Waals surface area contributed by atoms with Crippen LogP contribution < -0.4 is 5.32 Å². The van der Waals surface area contributed by atoms with Crippen LogP contribution in [0.25, 0.3) is 4.96 Å². The summed E-state index contributed by atoms with van der Waals surface area (Å²) in [6, 6.07) is 0.506. The Hall–Kier alpha value is -1.01. The molecule has 2 unspecified atom stereocenters. The average Bonchev–Trinajstić information content (AvgIpc) is 2.87. The predicted molar refractivity (Wildman–Crippen MR) is 72.2 cm³/mol. The molecule has 1 N–H and O–H groups in total. The van der Waals surface area contributed by atoms with Gasteiger partial charge in [0.15, 0.2) is 5.82 Å². The molecule has 2 aromatic heterocycles. The molecule has 6 heteroatoms. The molecule has 2 aromatic rings. The first-order valence-corrected chi connectivity index (χ1v) is 7.24. The summed E-state index contributed by atoms with van der Waals surface area (Å²) in [7, 11) is 0. The van der Waals surface area contributed by atoms with E-state index < -0.39 is 0 Å². The topological polar surface area (TPSA) is 55.1 Å². The van der Waals surface area contributed by atoms with Crippen molar-refractivity contribution < 1.29 is 0 Å².